The monoisotopic (exact) mass is 477 g/mol. The highest BCUT2D eigenvalue weighted by Crippen LogP contribution is 2.28. The van der Waals surface area contributed by atoms with E-state index in [4.69, 9.17) is 0 Å². The van der Waals surface area contributed by atoms with Gasteiger partial charge in [-0.2, -0.15) is 11.8 Å². The van der Waals surface area contributed by atoms with Gasteiger partial charge in [-0.3, -0.25) is 4.79 Å². The predicted molar refractivity (Wildman–Crippen MR) is 140 cm³/mol. The van der Waals surface area contributed by atoms with Crippen molar-refractivity contribution in [2.75, 3.05) is 5.75 Å². The molecule has 0 fully saturated rings. The van der Waals surface area contributed by atoms with Gasteiger partial charge in [0.05, 0.1) is 0 Å². The summed E-state index contributed by atoms with van der Waals surface area (Å²) < 4.78 is 0. The maximum Gasteiger partial charge on any atom is 0.327 e. The first kappa shape index (κ1) is 24.8. The topological polar surface area (TPSA) is 66.4 Å². The average molecular weight is 478 g/mol. The molecule has 4 nitrogen and oxygen atoms in total. The molecule has 0 aliphatic heterocycles. The summed E-state index contributed by atoms with van der Waals surface area (Å²) in [4.78, 5) is 23.6. The van der Waals surface area contributed by atoms with Gasteiger partial charge in [-0.1, -0.05) is 104 Å². The fourth-order valence-electron chi connectivity index (χ4n) is 4.48. The molecule has 3 aromatic carbocycles. The highest BCUT2D eigenvalue weighted by molar-refractivity contribution is 8.02. The molecule has 0 aliphatic rings. The Balaban J connectivity index is 2.19. The van der Waals surface area contributed by atoms with Crippen LogP contribution in [0.3, 0.4) is 0 Å². The van der Waals surface area contributed by atoms with Gasteiger partial charge < -0.3 is 10.4 Å². The van der Waals surface area contributed by atoms with Gasteiger partial charge in [0.2, 0.25) is 5.91 Å². The Morgan fingerprint density at radius 3 is 1.61 bits per heavy atom. The summed E-state index contributed by atoms with van der Waals surface area (Å²) in [5.74, 6) is -1.01. The molecule has 2 atom stereocenters. The smallest absolute Gasteiger partial charge is 0.327 e. The quantitative estimate of drug-likeness (QED) is 0.329. The number of carboxylic acid groups (broad SMARTS) is 1. The van der Waals surface area contributed by atoms with Gasteiger partial charge in [0.15, 0.2) is 8.07 Å². The van der Waals surface area contributed by atoms with Gasteiger partial charge in [-0.05, 0) is 22.0 Å². The SMILES string of the molecule is CCCC(SCC(NC(C)=O)C(=O)O)[Si](c1ccccc1)(c1ccccc1)c1ccccc1. The summed E-state index contributed by atoms with van der Waals surface area (Å²) in [5, 5.41) is 16.2. The largest absolute Gasteiger partial charge is 0.480 e. The number of benzene rings is 3. The molecule has 0 aromatic heterocycles. The van der Waals surface area contributed by atoms with Crippen LogP contribution in [0.1, 0.15) is 26.7 Å². The minimum absolute atomic E-state index is 0.185. The Kier molecular flexibility index (Phi) is 8.92. The summed E-state index contributed by atoms with van der Waals surface area (Å²) in [7, 11) is -2.56. The lowest BCUT2D eigenvalue weighted by Crippen LogP contribution is -2.73. The fraction of sp³-hybridized carbons (Fsp3) is 0.259. The lowest BCUT2D eigenvalue weighted by molar-refractivity contribution is -0.140. The van der Waals surface area contributed by atoms with Crippen molar-refractivity contribution in [3.05, 3.63) is 91.0 Å². The maximum absolute atomic E-state index is 11.8. The van der Waals surface area contributed by atoms with Crippen molar-refractivity contribution >= 4 is 47.3 Å². The van der Waals surface area contributed by atoms with Gasteiger partial charge in [-0.15, -0.1) is 0 Å². The Bertz CT molecular complexity index is 934. The number of carbonyl (C=O) groups is 2. The van der Waals surface area contributed by atoms with Crippen molar-refractivity contribution in [2.24, 2.45) is 0 Å². The molecular weight excluding hydrogens is 446 g/mol. The third-order valence-corrected chi connectivity index (χ3v) is 13.6. The van der Waals surface area contributed by atoms with Crippen LogP contribution in [0.4, 0.5) is 0 Å². The second-order valence-corrected chi connectivity index (χ2v) is 13.8. The number of rotatable bonds is 11. The highest BCUT2D eigenvalue weighted by atomic mass is 32.2. The molecule has 2 unspecified atom stereocenters. The van der Waals surface area contributed by atoms with Crippen LogP contribution in [0.15, 0.2) is 91.0 Å². The number of hydrogen-bond acceptors (Lipinski definition) is 3. The van der Waals surface area contributed by atoms with Crippen molar-refractivity contribution in [1.29, 1.82) is 0 Å². The van der Waals surface area contributed by atoms with Crippen molar-refractivity contribution in [3.63, 3.8) is 0 Å². The molecule has 0 saturated carbocycles. The van der Waals surface area contributed by atoms with Crippen LogP contribution >= 0.6 is 11.8 Å². The lowest BCUT2D eigenvalue weighted by Gasteiger charge is -2.41. The second-order valence-electron chi connectivity index (χ2n) is 8.11. The van der Waals surface area contributed by atoms with E-state index in [0.717, 1.165) is 12.8 Å². The molecule has 0 radical (unpaired) electrons. The molecule has 3 aromatic rings. The minimum Gasteiger partial charge on any atom is -0.480 e. The normalized spacial score (nSPS) is 13.2. The van der Waals surface area contributed by atoms with E-state index >= 15 is 0 Å². The standard InChI is InChI=1S/C27H31NO3SSi/c1-3-13-26(32-20-25(27(30)31)28-21(2)29)33(22-14-7-4-8-15-22,23-16-9-5-10-17-23)24-18-11-6-12-19-24/h4-12,14-19,25-26H,3,13,20H2,1-2H3,(H,28,29)(H,30,31). The van der Waals surface area contributed by atoms with Crippen LogP contribution in [0, 0.1) is 0 Å². The number of amides is 1. The zero-order valence-corrected chi connectivity index (χ0v) is 20.9. The summed E-state index contributed by atoms with van der Waals surface area (Å²) >= 11 is 1.68. The first-order valence-corrected chi connectivity index (χ1v) is 14.4. The summed E-state index contributed by atoms with van der Waals surface area (Å²) in [5.41, 5.74) is 0. The molecule has 0 saturated heterocycles. The summed E-state index contributed by atoms with van der Waals surface area (Å²) in [6.45, 7) is 3.54. The van der Waals surface area contributed by atoms with E-state index in [1.807, 2.05) is 18.2 Å². The Morgan fingerprint density at radius 2 is 1.27 bits per heavy atom. The van der Waals surface area contributed by atoms with Crippen molar-refractivity contribution in [1.82, 2.24) is 5.32 Å². The summed E-state index contributed by atoms with van der Waals surface area (Å²) in [6.07, 6.45) is 1.93. The van der Waals surface area contributed by atoms with Gasteiger partial charge in [-0.25, -0.2) is 4.79 Å². The molecular formula is C27H31NO3SSi. The van der Waals surface area contributed by atoms with E-state index in [-0.39, 0.29) is 10.8 Å². The molecule has 2 N–H and O–H groups in total. The number of carbonyl (C=O) groups excluding carboxylic acids is 1. The van der Waals surface area contributed by atoms with Gasteiger partial charge in [0, 0.05) is 17.5 Å². The zero-order valence-electron chi connectivity index (χ0n) is 19.1. The first-order chi connectivity index (χ1) is 16.0. The van der Waals surface area contributed by atoms with E-state index in [2.05, 4.69) is 85.0 Å². The number of hydrogen-bond donors (Lipinski definition) is 2. The summed E-state index contributed by atoms with van der Waals surface area (Å²) in [6, 6.07) is 31.1. The molecule has 0 spiro atoms. The molecule has 0 aliphatic carbocycles. The molecule has 33 heavy (non-hydrogen) atoms. The van der Waals surface area contributed by atoms with Crippen LogP contribution in [0.25, 0.3) is 0 Å². The average Bonchev–Trinajstić information content (AvgIpc) is 2.84. The minimum atomic E-state index is -2.56. The fourth-order valence-corrected chi connectivity index (χ4v) is 13.0. The zero-order chi connectivity index (χ0) is 23.7. The van der Waals surface area contributed by atoms with Gasteiger partial charge >= 0.3 is 5.97 Å². The molecule has 172 valence electrons. The van der Waals surface area contributed by atoms with E-state index < -0.39 is 20.1 Å². The van der Waals surface area contributed by atoms with Crippen molar-refractivity contribution in [2.45, 2.75) is 37.6 Å². The van der Waals surface area contributed by atoms with Crippen LogP contribution in [-0.4, -0.2) is 41.7 Å². The Labute approximate surface area is 201 Å². The number of aliphatic carboxylic acids is 1. The van der Waals surface area contributed by atoms with Gasteiger partial charge in [0.25, 0.3) is 0 Å². The molecule has 1 amide bonds. The molecule has 6 heteroatoms. The van der Waals surface area contributed by atoms with Crippen molar-refractivity contribution in [3.8, 4) is 0 Å². The third-order valence-electron chi connectivity index (χ3n) is 5.86. The molecule has 0 bridgehead atoms. The van der Waals surface area contributed by atoms with Crippen LogP contribution in [0.2, 0.25) is 0 Å². The maximum atomic E-state index is 11.8. The van der Waals surface area contributed by atoms with Crippen LogP contribution < -0.4 is 20.9 Å². The number of nitrogens with one attached hydrogen (secondary N) is 1. The van der Waals surface area contributed by atoms with Gasteiger partial charge in [0.1, 0.15) is 6.04 Å². The van der Waals surface area contributed by atoms with E-state index in [1.54, 1.807) is 11.8 Å². The molecule has 3 rings (SSSR count). The van der Waals surface area contributed by atoms with Crippen LogP contribution in [-0.2, 0) is 9.59 Å². The molecule has 0 heterocycles. The number of carboxylic acids is 1. The Morgan fingerprint density at radius 1 is 0.848 bits per heavy atom. The van der Waals surface area contributed by atoms with Crippen LogP contribution in [0.5, 0.6) is 0 Å². The van der Waals surface area contributed by atoms with Crippen molar-refractivity contribution < 1.29 is 14.7 Å². The first-order valence-electron chi connectivity index (χ1n) is 11.3. The third kappa shape index (κ3) is 5.75. The van der Waals surface area contributed by atoms with E-state index in [1.165, 1.54) is 22.5 Å². The predicted octanol–water partition coefficient (Wildman–Crippen LogP) is 3.19. The highest BCUT2D eigenvalue weighted by Gasteiger charge is 2.46. The lowest BCUT2D eigenvalue weighted by atomic mass is 10.3. The van der Waals surface area contributed by atoms with E-state index in [0.29, 0.717) is 5.75 Å². The second kappa shape index (κ2) is 11.9. The van der Waals surface area contributed by atoms with E-state index in [9.17, 15) is 14.7 Å². The number of thioether (sulfide) groups is 1. The Hall–Kier alpha value is -2.83.